The summed E-state index contributed by atoms with van der Waals surface area (Å²) in [5, 5.41) is 31.3. The average molecular weight is 506 g/mol. The number of thiazole rings is 1. The molecule has 182 valence electrons. The fraction of sp³-hybridized carbons (Fsp3) is 0.591. The lowest BCUT2D eigenvalue weighted by molar-refractivity contribution is -0.163. The van der Waals surface area contributed by atoms with Crippen LogP contribution in [-0.2, 0) is 9.59 Å². The molecule has 4 atom stereocenters. The van der Waals surface area contributed by atoms with Crippen LogP contribution in [0.25, 0.3) is 0 Å². The van der Waals surface area contributed by atoms with Crippen molar-refractivity contribution in [2.24, 2.45) is 11.8 Å². The van der Waals surface area contributed by atoms with E-state index in [9.17, 15) is 24.6 Å². The minimum atomic E-state index is -1.12. The van der Waals surface area contributed by atoms with Crippen molar-refractivity contribution < 1.29 is 24.6 Å². The van der Waals surface area contributed by atoms with Crippen molar-refractivity contribution in [1.29, 1.82) is 5.26 Å². The van der Waals surface area contributed by atoms with E-state index in [-0.39, 0.29) is 47.3 Å². The summed E-state index contributed by atoms with van der Waals surface area (Å²) >= 11 is 2.84. The molecule has 0 bridgehead atoms. The smallest absolute Gasteiger partial charge is 0.353 e. The van der Waals surface area contributed by atoms with Gasteiger partial charge in [-0.3, -0.25) is 9.59 Å². The minimum absolute atomic E-state index is 0.00141. The summed E-state index contributed by atoms with van der Waals surface area (Å²) in [7, 11) is 0. The molecule has 2 amide bonds. The van der Waals surface area contributed by atoms with Crippen molar-refractivity contribution in [3.8, 4) is 6.07 Å². The van der Waals surface area contributed by atoms with Gasteiger partial charge in [0.1, 0.15) is 17.9 Å². The third kappa shape index (κ3) is 3.95. The molecular weight excluding hydrogens is 478 g/mol. The van der Waals surface area contributed by atoms with Crippen LogP contribution >= 0.6 is 23.1 Å². The standard InChI is InChI=1S/C22H27N5O5S2/c1-10(2)26(6-5-23)19(29)14-9-33-22(24-14)25-7-13(8-25)34-18-11(3)16-15(12(4)28)20(30)27(16)17(18)21(31)32/h9-13,15-16,28H,6-8H2,1-4H3,(H,31,32)/t11-,12-,15-,16-/m1/s1. The molecule has 3 aliphatic rings. The molecule has 4 heterocycles. The van der Waals surface area contributed by atoms with E-state index in [1.807, 2.05) is 31.7 Å². The third-order valence-corrected chi connectivity index (χ3v) is 8.91. The van der Waals surface area contributed by atoms with Crippen molar-refractivity contribution in [3.63, 3.8) is 0 Å². The number of amides is 2. The second-order valence-corrected chi connectivity index (χ2v) is 11.3. The predicted molar refractivity (Wildman–Crippen MR) is 127 cm³/mol. The summed E-state index contributed by atoms with van der Waals surface area (Å²) in [5.41, 5.74) is 0.351. The van der Waals surface area contributed by atoms with E-state index in [2.05, 4.69) is 4.98 Å². The summed E-state index contributed by atoms with van der Waals surface area (Å²) in [6, 6.07) is 1.58. The molecule has 1 aromatic heterocycles. The van der Waals surface area contributed by atoms with Gasteiger partial charge in [0.15, 0.2) is 5.13 Å². The lowest BCUT2D eigenvalue weighted by Crippen LogP contribution is -2.63. The number of hydrogen-bond acceptors (Lipinski definition) is 9. The number of thioether (sulfide) groups is 1. The molecule has 4 rings (SSSR count). The number of fused-ring (bicyclic) bond motifs is 1. The Bertz CT molecular complexity index is 1090. The van der Waals surface area contributed by atoms with Crippen molar-refractivity contribution in [2.75, 3.05) is 24.5 Å². The van der Waals surface area contributed by atoms with Crippen LogP contribution in [-0.4, -0.2) is 85.9 Å². The zero-order valence-corrected chi connectivity index (χ0v) is 21.0. The summed E-state index contributed by atoms with van der Waals surface area (Å²) < 4.78 is 0. The van der Waals surface area contributed by atoms with Crippen LogP contribution in [0.3, 0.4) is 0 Å². The molecule has 3 aliphatic heterocycles. The Kier molecular flexibility index (Phi) is 6.63. The number of carbonyl (C=O) groups is 3. The van der Waals surface area contributed by atoms with E-state index in [0.717, 1.165) is 0 Å². The van der Waals surface area contributed by atoms with E-state index in [0.29, 0.717) is 28.8 Å². The summed E-state index contributed by atoms with van der Waals surface area (Å²) in [4.78, 5) is 47.1. The maximum Gasteiger partial charge on any atom is 0.353 e. The number of β-lactam (4-membered cyclic amide) rings is 1. The Hall–Kier alpha value is -2.62. The number of aromatic nitrogens is 1. The number of anilines is 1. The van der Waals surface area contributed by atoms with Crippen LogP contribution in [0.4, 0.5) is 5.13 Å². The molecule has 2 fully saturated rings. The van der Waals surface area contributed by atoms with Crippen molar-refractivity contribution in [3.05, 3.63) is 21.7 Å². The molecule has 2 saturated heterocycles. The number of aliphatic hydroxyl groups is 1. The monoisotopic (exact) mass is 505 g/mol. The number of aliphatic hydroxyl groups excluding tert-OH is 1. The van der Waals surface area contributed by atoms with Gasteiger partial charge < -0.3 is 24.9 Å². The molecule has 10 nitrogen and oxygen atoms in total. The highest BCUT2D eigenvalue weighted by atomic mass is 32.2. The molecule has 0 aromatic carbocycles. The number of nitrogens with zero attached hydrogens (tertiary/aromatic N) is 5. The first-order valence-corrected chi connectivity index (χ1v) is 12.9. The second-order valence-electron chi connectivity index (χ2n) is 9.12. The number of aliphatic carboxylic acids is 1. The largest absolute Gasteiger partial charge is 0.477 e. The van der Waals surface area contributed by atoms with Crippen molar-refractivity contribution >= 4 is 46.0 Å². The number of carbonyl (C=O) groups excluding carboxylic acids is 2. The van der Waals surface area contributed by atoms with Gasteiger partial charge in [-0.05, 0) is 20.8 Å². The molecule has 0 spiro atoms. The molecule has 0 radical (unpaired) electrons. The Morgan fingerprint density at radius 2 is 2.06 bits per heavy atom. The molecule has 34 heavy (non-hydrogen) atoms. The Balaban J connectivity index is 1.41. The fourth-order valence-electron chi connectivity index (χ4n) is 4.75. The minimum Gasteiger partial charge on any atom is -0.477 e. The van der Waals surface area contributed by atoms with E-state index in [1.54, 1.807) is 12.3 Å². The lowest BCUT2D eigenvalue weighted by atomic mass is 9.79. The SMILES string of the molecule is CC(C)N(CC#N)C(=O)c1csc(N2CC(SC3=C(C(=O)O)N4C(=O)[C@H]([C@@H](C)O)[C@H]4[C@H]3C)C2)n1. The van der Waals surface area contributed by atoms with Crippen molar-refractivity contribution in [1.82, 2.24) is 14.8 Å². The van der Waals surface area contributed by atoms with Crippen molar-refractivity contribution in [2.45, 2.75) is 51.1 Å². The summed E-state index contributed by atoms with van der Waals surface area (Å²) in [6.07, 6.45) is -0.823. The normalized spacial score (nSPS) is 25.1. The summed E-state index contributed by atoms with van der Waals surface area (Å²) in [5.74, 6) is -2.46. The van der Waals surface area contributed by atoms with Gasteiger partial charge in [-0.1, -0.05) is 6.92 Å². The van der Waals surface area contributed by atoms with Crippen LogP contribution in [0.5, 0.6) is 0 Å². The first-order chi connectivity index (χ1) is 16.1. The number of nitriles is 1. The fourth-order valence-corrected chi connectivity index (χ4v) is 7.09. The van der Waals surface area contributed by atoms with Crippen LogP contribution in [0.15, 0.2) is 16.0 Å². The zero-order valence-electron chi connectivity index (χ0n) is 19.3. The van der Waals surface area contributed by atoms with Gasteiger partial charge in [0, 0.05) is 40.6 Å². The number of carboxylic acid groups (broad SMARTS) is 1. The predicted octanol–water partition coefficient (Wildman–Crippen LogP) is 1.59. The van der Waals surface area contributed by atoms with E-state index in [4.69, 9.17) is 5.26 Å². The average Bonchev–Trinajstić information content (AvgIpc) is 3.29. The number of rotatable bonds is 8. The van der Waals surface area contributed by atoms with E-state index >= 15 is 0 Å². The first-order valence-electron chi connectivity index (χ1n) is 11.1. The maximum atomic E-state index is 12.7. The van der Waals surface area contributed by atoms with Crippen LogP contribution < -0.4 is 4.90 Å². The highest BCUT2D eigenvalue weighted by Gasteiger charge is 2.60. The van der Waals surface area contributed by atoms with Gasteiger partial charge in [-0.2, -0.15) is 5.26 Å². The molecule has 0 unspecified atom stereocenters. The van der Waals surface area contributed by atoms with Crippen LogP contribution in [0.2, 0.25) is 0 Å². The van der Waals surface area contributed by atoms with Gasteiger partial charge in [0.2, 0.25) is 5.91 Å². The van der Waals surface area contributed by atoms with Gasteiger partial charge in [-0.25, -0.2) is 9.78 Å². The quantitative estimate of drug-likeness (QED) is 0.398. The molecular formula is C22H27N5O5S2. The molecule has 1 aromatic rings. The zero-order chi connectivity index (χ0) is 24.9. The first kappa shape index (κ1) is 24.5. The van der Waals surface area contributed by atoms with E-state index < -0.39 is 18.0 Å². The van der Waals surface area contributed by atoms with E-state index in [1.165, 1.54) is 32.9 Å². The summed E-state index contributed by atoms with van der Waals surface area (Å²) in [6.45, 7) is 8.46. The lowest BCUT2D eigenvalue weighted by Gasteiger charge is -2.46. The Morgan fingerprint density at radius 1 is 1.38 bits per heavy atom. The molecule has 0 aliphatic carbocycles. The second kappa shape index (κ2) is 9.20. The number of hydrogen-bond donors (Lipinski definition) is 2. The molecule has 0 saturated carbocycles. The van der Waals surface area contributed by atoms with Gasteiger partial charge >= 0.3 is 5.97 Å². The molecule has 2 N–H and O–H groups in total. The van der Waals surface area contributed by atoms with Gasteiger partial charge in [0.25, 0.3) is 5.91 Å². The molecule has 12 heteroatoms. The van der Waals surface area contributed by atoms with Crippen LogP contribution in [0, 0.1) is 23.2 Å². The number of carboxylic acids is 1. The van der Waals surface area contributed by atoms with Gasteiger partial charge in [0.05, 0.1) is 24.1 Å². The highest BCUT2D eigenvalue weighted by Crippen LogP contribution is 2.52. The van der Waals surface area contributed by atoms with Crippen LogP contribution in [0.1, 0.15) is 38.2 Å². The Morgan fingerprint density at radius 3 is 2.62 bits per heavy atom. The Labute approximate surface area is 205 Å². The maximum absolute atomic E-state index is 12.7. The topological polar surface area (TPSA) is 138 Å². The third-order valence-electron chi connectivity index (χ3n) is 6.56. The van der Waals surface area contributed by atoms with Gasteiger partial charge in [-0.15, -0.1) is 23.1 Å². The highest BCUT2D eigenvalue weighted by molar-refractivity contribution is 8.03.